The molecule has 0 bridgehead atoms. The molecule has 0 spiro atoms. The fourth-order valence-electron chi connectivity index (χ4n) is 2.32. The first-order valence-electron chi connectivity index (χ1n) is 5.87. The number of nitrogens with two attached hydrogens (primary N) is 1. The van der Waals surface area contributed by atoms with Gasteiger partial charge in [0.05, 0.1) is 6.04 Å². The summed E-state index contributed by atoms with van der Waals surface area (Å²) in [7, 11) is 0. The van der Waals surface area contributed by atoms with Gasteiger partial charge < -0.3 is 5.73 Å². The van der Waals surface area contributed by atoms with Crippen molar-refractivity contribution >= 4 is 34.2 Å². The molecule has 19 heavy (non-hydrogen) atoms. The van der Waals surface area contributed by atoms with Gasteiger partial charge in [0, 0.05) is 8.59 Å². The molecule has 1 unspecified atom stereocenters. The minimum Gasteiger partial charge on any atom is -0.320 e. The monoisotopic (exact) mass is 389 g/mol. The molecule has 0 aliphatic heterocycles. The molecule has 1 nitrogen and oxygen atoms in total. The second-order valence-electron chi connectivity index (χ2n) is 4.60. The maximum Gasteiger partial charge on any atom is 0.123 e. The van der Waals surface area contributed by atoms with Crippen molar-refractivity contribution in [1.82, 2.24) is 0 Å². The second kappa shape index (κ2) is 5.77. The van der Waals surface area contributed by atoms with Crippen LogP contribution in [0, 0.1) is 23.2 Å². The lowest BCUT2D eigenvalue weighted by atomic mass is 9.92. The summed E-state index contributed by atoms with van der Waals surface area (Å²) in [5.74, 6) is -0.230. The minimum atomic E-state index is -0.300. The van der Waals surface area contributed by atoms with Crippen LogP contribution in [-0.4, -0.2) is 0 Å². The average molecular weight is 390 g/mol. The molecule has 0 heterocycles. The molecule has 2 N–H and O–H groups in total. The fourth-order valence-corrected chi connectivity index (χ4v) is 3.17. The summed E-state index contributed by atoms with van der Waals surface area (Å²) in [4.78, 5) is 0. The molecule has 100 valence electrons. The fraction of sp³-hybridized carbons (Fsp3) is 0.200. The van der Waals surface area contributed by atoms with Gasteiger partial charge in [0.15, 0.2) is 0 Å². The lowest BCUT2D eigenvalue weighted by Crippen LogP contribution is -2.16. The summed E-state index contributed by atoms with van der Waals surface area (Å²) in [6.07, 6.45) is 0. The predicted octanol–water partition coefficient (Wildman–Crippen LogP) is 4.75. The van der Waals surface area contributed by atoms with E-state index >= 15 is 0 Å². The van der Waals surface area contributed by atoms with Gasteiger partial charge in [0.1, 0.15) is 5.82 Å². The first kappa shape index (κ1) is 14.8. The highest BCUT2D eigenvalue weighted by atomic mass is 127. The number of hydrogen-bond acceptors (Lipinski definition) is 1. The van der Waals surface area contributed by atoms with Crippen molar-refractivity contribution in [2.45, 2.75) is 19.9 Å². The van der Waals surface area contributed by atoms with Crippen molar-refractivity contribution in [3.8, 4) is 0 Å². The van der Waals surface area contributed by atoms with Crippen molar-refractivity contribution in [3.63, 3.8) is 0 Å². The van der Waals surface area contributed by atoms with Gasteiger partial charge in [0.2, 0.25) is 0 Å². The number of hydrogen-bond donors (Lipinski definition) is 1. The van der Waals surface area contributed by atoms with Gasteiger partial charge in [-0.3, -0.25) is 0 Å². The zero-order valence-electron chi connectivity index (χ0n) is 10.7. The van der Waals surface area contributed by atoms with Crippen LogP contribution < -0.4 is 5.73 Å². The van der Waals surface area contributed by atoms with Crippen LogP contribution in [0.2, 0.25) is 5.02 Å². The summed E-state index contributed by atoms with van der Waals surface area (Å²) in [5.41, 5.74) is 10.00. The molecule has 2 rings (SSSR count). The highest BCUT2D eigenvalue weighted by Crippen LogP contribution is 2.31. The van der Waals surface area contributed by atoms with E-state index in [1.165, 1.54) is 12.1 Å². The zero-order chi connectivity index (χ0) is 14.2. The van der Waals surface area contributed by atoms with Crippen LogP contribution >= 0.6 is 34.2 Å². The van der Waals surface area contributed by atoms with E-state index in [4.69, 9.17) is 17.3 Å². The topological polar surface area (TPSA) is 26.0 Å². The Kier molecular flexibility index (Phi) is 4.48. The Hall–Kier alpha value is -0.650. The van der Waals surface area contributed by atoms with Gasteiger partial charge in [-0.15, -0.1) is 0 Å². The lowest BCUT2D eigenvalue weighted by molar-refractivity contribution is 0.623. The molecule has 0 saturated carbocycles. The number of aryl methyl sites for hydroxylation is 2. The maximum atomic E-state index is 13.4. The molecule has 0 saturated heterocycles. The summed E-state index contributed by atoms with van der Waals surface area (Å²) < 4.78 is 14.4. The van der Waals surface area contributed by atoms with Crippen LogP contribution in [0.1, 0.15) is 28.3 Å². The summed E-state index contributed by atoms with van der Waals surface area (Å²) in [6, 6.07) is 8.37. The van der Waals surface area contributed by atoms with Crippen LogP contribution in [0.4, 0.5) is 4.39 Å². The first-order chi connectivity index (χ1) is 8.90. The van der Waals surface area contributed by atoms with Crippen molar-refractivity contribution in [2.24, 2.45) is 5.73 Å². The van der Waals surface area contributed by atoms with Crippen LogP contribution in [0.3, 0.4) is 0 Å². The van der Waals surface area contributed by atoms with E-state index in [-0.39, 0.29) is 11.9 Å². The normalized spacial score (nSPS) is 12.5. The van der Waals surface area contributed by atoms with E-state index in [0.29, 0.717) is 5.02 Å². The number of benzene rings is 2. The highest BCUT2D eigenvalue weighted by molar-refractivity contribution is 14.1. The van der Waals surface area contributed by atoms with Crippen molar-refractivity contribution in [3.05, 3.63) is 67.0 Å². The molecule has 0 radical (unpaired) electrons. The Labute approximate surface area is 131 Å². The van der Waals surface area contributed by atoms with E-state index in [0.717, 1.165) is 25.8 Å². The molecule has 4 heteroatoms. The average Bonchev–Trinajstić information content (AvgIpc) is 2.30. The van der Waals surface area contributed by atoms with E-state index < -0.39 is 0 Å². The van der Waals surface area contributed by atoms with E-state index in [9.17, 15) is 4.39 Å². The molecule has 2 aromatic carbocycles. The first-order valence-corrected chi connectivity index (χ1v) is 7.33. The molecule has 0 fully saturated rings. The van der Waals surface area contributed by atoms with Gasteiger partial charge in [-0.2, -0.15) is 0 Å². The number of rotatable bonds is 2. The smallest absolute Gasteiger partial charge is 0.123 e. The molecular weight excluding hydrogens is 376 g/mol. The minimum absolute atomic E-state index is 0.230. The van der Waals surface area contributed by atoms with Crippen LogP contribution in [0.15, 0.2) is 30.3 Å². The predicted molar refractivity (Wildman–Crippen MR) is 86.1 cm³/mol. The SMILES string of the molecule is Cc1cc(F)cc(C)c1C(N)c1cc(Cl)ccc1I. The lowest BCUT2D eigenvalue weighted by Gasteiger charge is -2.19. The molecule has 0 aliphatic carbocycles. The third-order valence-corrected chi connectivity index (χ3v) is 4.38. The third-order valence-electron chi connectivity index (χ3n) is 3.16. The largest absolute Gasteiger partial charge is 0.320 e. The van der Waals surface area contributed by atoms with Gasteiger partial charge in [-0.05, 0) is 89.0 Å². The molecule has 1 atom stereocenters. The van der Waals surface area contributed by atoms with Gasteiger partial charge in [0.25, 0.3) is 0 Å². The summed E-state index contributed by atoms with van der Waals surface area (Å²) in [5, 5.41) is 0.656. The van der Waals surface area contributed by atoms with Gasteiger partial charge in [-0.1, -0.05) is 11.6 Å². The molecule has 0 aliphatic rings. The van der Waals surface area contributed by atoms with E-state index in [2.05, 4.69) is 22.6 Å². The van der Waals surface area contributed by atoms with Crippen molar-refractivity contribution in [1.29, 1.82) is 0 Å². The van der Waals surface area contributed by atoms with E-state index in [1.54, 1.807) is 0 Å². The summed E-state index contributed by atoms with van der Waals surface area (Å²) in [6.45, 7) is 3.76. The van der Waals surface area contributed by atoms with Gasteiger partial charge in [-0.25, -0.2) is 4.39 Å². The van der Waals surface area contributed by atoms with Crippen LogP contribution in [0.5, 0.6) is 0 Å². The molecule has 0 amide bonds. The Morgan fingerprint density at radius 1 is 1.16 bits per heavy atom. The number of halogens is 3. The van der Waals surface area contributed by atoms with E-state index in [1.807, 2.05) is 32.0 Å². The molecule has 0 aromatic heterocycles. The summed E-state index contributed by atoms with van der Waals surface area (Å²) >= 11 is 8.27. The Bertz CT molecular complexity index is 605. The zero-order valence-corrected chi connectivity index (χ0v) is 13.6. The Morgan fingerprint density at radius 2 is 1.74 bits per heavy atom. The van der Waals surface area contributed by atoms with Crippen LogP contribution in [0.25, 0.3) is 0 Å². The third kappa shape index (κ3) is 3.09. The van der Waals surface area contributed by atoms with Crippen LogP contribution in [-0.2, 0) is 0 Å². The Balaban J connectivity index is 2.56. The molecular formula is C15H14ClFIN. The van der Waals surface area contributed by atoms with Crippen molar-refractivity contribution < 1.29 is 4.39 Å². The maximum absolute atomic E-state index is 13.4. The Morgan fingerprint density at radius 3 is 2.32 bits per heavy atom. The second-order valence-corrected chi connectivity index (χ2v) is 6.20. The van der Waals surface area contributed by atoms with Gasteiger partial charge >= 0.3 is 0 Å². The molecule has 2 aromatic rings. The van der Waals surface area contributed by atoms with Crippen molar-refractivity contribution in [2.75, 3.05) is 0 Å². The standard InChI is InChI=1S/C15H14ClFIN/c1-8-5-11(17)6-9(2)14(8)15(19)12-7-10(16)3-4-13(12)18/h3-7,15H,19H2,1-2H3. The highest BCUT2D eigenvalue weighted by Gasteiger charge is 2.17. The quantitative estimate of drug-likeness (QED) is 0.737.